The number of rotatable bonds is 3. The minimum absolute atomic E-state index is 0.269. The van der Waals surface area contributed by atoms with Gasteiger partial charge in [-0.2, -0.15) is 0 Å². The maximum atomic E-state index is 11.8. The monoisotopic (exact) mass is 338 g/mol. The normalized spacial score (nSPS) is 13.6. The van der Waals surface area contributed by atoms with Crippen LogP contribution in [0.5, 0.6) is 0 Å². The third-order valence-electron chi connectivity index (χ3n) is 4.20. The van der Waals surface area contributed by atoms with E-state index in [1.165, 1.54) is 5.56 Å². The van der Waals surface area contributed by atoms with Crippen LogP contribution in [0.3, 0.4) is 0 Å². The van der Waals surface area contributed by atoms with Crippen LogP contribution < -0.4 is 5.32 Å². The molecule has 120 valence electrons. The van der Waals surface area contributed by atoms with Crippen LogP contribution in [-0.4, -0.2) is 10.8 Å². The molecule has 1 N–H and O–H groups in total. The second-order valence-electron chi connectivity index (χ2n) is 5.82. The van der Waals surface area contributed by atoms with E-state index in [1.807, 2.05) is 36.4 Å². The summed E-state index contributed by atoms with van der Waals surface area (Å²) in [5.41, 5.74) is 4.04. The Balaban J connectivity index is 1.61. The van der Waals surface area contributed by atoms with Crippen LogP contribution in [0.1, 0.15) is 17.5 Å². The number of carbonyl (C=O) groups is 1. The van der Waals surface area contributed by atoms with Crippen molar-refractivity contribution in [1.29, 1.82) is 0 Å². The Labute approximate surface area is 144 Å². The molecule has 0 aliphatic heterocycles. The number of ketones is 1. The molecule has 0 unspecified atom stereocenters. The van der Waals surface area contributed by atoms with E-state index in [-0.39, 0.29) is 5.78 Å². The Kier molecular flexibility index (Phi) is 3.82. The molecule has 0 fully saturated rings. The molecular weight excluding hydrogens is 324 g/mol. The lowest BCUT2D eigenvalue weighted by Gasteiger charge is -2.18. The van der Waals surface area contributed by atoms with Crippen LogP contribution >= 0.6 is 11.6 Å². The molecule has 0 radical (unpaired) electrons. The van der Waals surface area contributed by atoms with Crippen LogP contribution in [0.15, 0.2) is 53.1 Å². The average Bonchev–Trinajstić information content (AvgIpc) is 3.05. The number of nitrogens with one attached hydrogen (secondary N) is 1. The van der Waals surface area contributed by atoms with Gasteiger partial charge < -0.3 is 9.73 Å². The molecule has 0 spiro atoms. The van der Waals surface area contributed by atoms with Gasteiger partial charge in [-0.15, -0.1) is 0 Å². The van der Waals surface area contributed by atoms with Crippen molar-refractivity contribution >= 4 is 29.1 Å². The summed E-state index contributed by atoms with van der Waals surface area (Å²) in [4.78, 5) is 16.1. The molecule has 1 aliphatic rings. The van der Waals surface area contributed by atoms with Crippen LogP contribution in [0.25, 0.3) is 11.3 Å². The Morgan fingerprint density at radius 2 is 1.92 bits per heavy atom. The quantitative estimate of drug-likeness (QED) is 0.745. The van der Waals surface area contributed by atoms with Crippen molar-refractivity contribution in [3.8, 4) is 11.3 Å². The van der Waals surface area contributed by atoms with E-state index < -0.39 is 0 Å². The number of hydrogen-bond acceptors (Lipinski definition) is 4. The predicted octanol–water partition coefficient (Wildman–Crippen LogP) is 4.80. The van der Waals surface area contributed by atoms with Crippen molar-refractivity contribution < 1.29 is 9.21 Å². The fourth-order valence-corrected chi connectivity index (χ4v) is 3.08. The molecule has 2 aromatic carbocycles. The van der Waals surface area contributed by atoms with Gasteiger partial charge in [0.2, 0.25) is 0 Å². The molecule has 24 heavy (non-hydrogen) atoms. The highest BCUT2D eigenvalue weighted by Gasteiger charge is 2.19. The first-order valence-corrected chi connectivity index (χ1v) is 8.18. The van der Waals surface area contributed by atoms with Gasteiger partial charge in [-0.1, -0.05) is 23.7 Å². The van der Waals surface area contributed by atoms with Gasteiger partial charge >= 0.3 is 0 Å². The first kappa shape index (κ1) is 15.0. The number of anilines is 2. The minimum Gasteiger partial charge on any atom is -0.423 e. The number of fused-ring (bicyclic) bond motifs is 1. The van der Waals surface area contributed by atoms with E-state index in [0.29, 0.717) is 29.6 Å². The highest BCUT2D eigenvalue weighted by atomic mass is 35.5. The van der Waals surface area contributed by atoms with Crippen molar-refractivity contribution in [3.05, 3.63) is 64.8 Å². The van der Waals surface area contributed by atoms with Gasteiger partial charge in [-0.25, -0.2) is 4.98 Å². The van der Waals surface area contributed by atoms with Gasteiger partial charge in [0, 0.05) is 29.1 Å². The fourth-order valence-electron chi connectivity index (χ4n) is 2.95. The number of carbonyl (C=O) groups excluding carboxylic acids is 1. The molecule has 0 bridgehead atoms. The van der Waals surface area contributed by atoms with E-state index in [0.717, 1.165) is 23.2 Å². The third kappa shape index (κ3) is 2.93. The zero-order chi connectivity index (χ0) is 16.5. The van der Waals surface area contributed by atoms with Crippen LogP contribution in [0, 0.1) is 0 Å². The maximum absolute atomic E-state index is 11.8. The number of benzene rings is 2. The number of nitrogens with zero attached hydrogens (tertiary/aromatic N) is 1. The summed E-state index contributed by atoms with van der Waals surface area (Å²) in [7, 11) is 0. The number of Topliss-reactive ketones (excluding diaryl/α,β-unsaturated/α-hetero) is 1. The van der Waals surface area contributed by atoms with Crippen molar-refractivity contribution in [3.63, 3.8) is 0 Å². The number of oxazole rings is 1. The molecule has 0 amide bonds. The molecule has 5 heteroatoms. The van der Waals surface area contributed by atoms with E-state index >= 15 is 0 Å². The van der Waals surface area contributed by atoms with E-state index in [1.54, 1.807) is 6.20 Å². The summed E-state index contributed by atoms with van der Waals surface area (Å²) in [6, 6.07) is 13.8. The summed E-state index contributed by atoms with van der Waals surface area (Å²) in [5.74, 6) is 0.932. The highest BCUT2D eigenvalue weighted by Crippen LogP contribution is 2.30. The van der Waals surface area contributed by atoms with Crippen molar-refractivity contribution in [2.45, 2.75) is 19.3 Å². The van der Waals surface area contributed by atoms with Gasteiger partial charge in [-0.3, -0.25) is 4.79 Å². The topological polar surface area (TPSA) is 55.1 Å². The maximum Gasteiger partial charge on any atom is 0.299 e. The standard InChI is InChI=1S/C19H15ClN2O2/c20-14-7-4-13(5-8-14)18-11-21-19(24-18)22-17-3-1-2-12-6-9-15(23)10-16(12)17/h1-5,7-8,11H,6,9-10H2,(H,21,22). The SMILES string of the molecule is O=C1CCc2cccc(Nc3ncc(-c4ccc(Cl)cc4)o3)c2C1. The fraction of sp³-hybridized carbons (Fsp3) is 0.158. The molecule has 0 saturated carbocycles. The first-order chi connectivity index (χ1) is 11.7. The molecule has 1 heterocycles. The molecule has 0 saturated heterocycles. The molecule has 4 nitrogen and oxygen atoms in total. The Hall–Kier alpha value is -2.59. The van der Waals surface area contributed by atoms with Gasteiger partial charge in [0.05, 0.1) is 6.20 Å². The zero-order valence-electron chi connectivity index (χ0n) is 12.9. The molecule has 0 atom stereocenters. The average molecular weight is 339 g/mol. The Morgan fingerprint density at radius 1 is 1.08 bits per heavy atom. The second kappa shape index (κ2) is 6.13. The number of halogens is 1. The Bertz CT molecular complexity index is 900. The lowest BCUT2D eigenvalue weighted by molar-refractivity contribution is -0.118. The largest absolute Gasteiger partial charge is 0.423 e. The molecular formula is C19H15ClN2O2. The predicted molar refractivity (Wildman–Crippen MR) is 93.7 cm³/mol. The number of aryl methyl sites for hydroxylation is 1. The van der Waals surface area contributed by atoms with Gasteiger partial charge in [0.25, 0.3) is 6.01 Å². The van der Waals surface area contributed by atoms with Gasteiger partial charge in [-0.05, 0) is 47.9 Å². The summed E-state index contributed by atoms with van der Waals surface area (Å²) in [5, 5.41) is 3.88. The summed E-state index contributed by atoms with van der Waals surface area (Å²) < 4.78 is 5.78. The van der Waals surface area contributed by atoms with E-state index in [4.69, 9.17) is 16.0 Å². The molecule has 1 aliphatic carbocycles. The van der Waals surface area contributed by atoms with E-state index in [9.17, 15) is 4.79 Å². The van der Waals surface area contributed by atoms with Crippen molar-refractivity contribution in [2.24, 2.45) is 0 Å². The van der Waals surface area contributed by atoms with Crippen LogP contribution in [0.4, 0.5) is 11.7 Å². The molecule has 3 aromatic rings. The smallest absolute Gasteiger partial charge is 0.299 e. The minimum atomic E-state index is 0.269. The lowest BCUT2D eigenvalue weighted by Crippen LogP contribution is -2.14. The van der Waals surface area contributed by atoms with Crippen molar-refractivity contribution in [2.75, 3.05) is 5.32 Å². The summed E-state index contributed by atoms with van der Waals surface area (Å²) in [6.45, 7) is 0. The van der Waals surface area contributed by atoms with E-state index in [2.05, 4.69) is 16.4 Å². The second-order valence-corrected chi connectivity index (χ2v) is 6.26. The number of aromatic nitrogens is 1. The lowest BCUT2D eigenvalue weighted by atomic mass is 9.89. The van der Waals surface area contributed by atoms with Crippen LogP contribution in [-0.2, 0) is 17.6 Å². The third-order valence-corrected chi connectivity index (χ3v) is 4.45. The van der Waals surface area contributed by atoms with Crippen molar-refractivity contribution in [1.82, 2.24) is 4.98 Å². The molecule has 1 aromatic heterocycles. The highest BCUT2D eigenvalue weighted by molar-refractivity contribution is 6.30. The molecule has 4 rings (SSSR count). The summed E-state index contributed by atoms with van der Waals surface area (Å²) in [6.07, 6.45) is 3.55. The zero-order valence-corrected chi connectivity index (χ0v) is 13.6. The van der Waals surface area contributed by atoms with Crippen LogP contribution in [0.2, 0.25) is 5.02 Å². The van der Waals surface area contributed by atoms with Gasteiger partial charge in [0.1, 0.15) is 5.78 Å². The van der Waals surface area contributed by atoms with Gasteiger partial charge in [0.15, 0.2) is 5.76 Å². The number of hydrogen-bond donors (Lipinski definition) is 1. The Morgan fingerprint density at radius 3 is 2.75 bits per heavy atom. The first-order valence-electron chi connectivity index (χ1n) is 7.80. The summed E-state index contributed by atoms with van der Waals surface area (Å²) >= 11 is 5.90.